The molecule has 0 amide bonds. The minimum atomic E-state index is -0.865. The van der Waals surface area contributed by atoms with E-state index in [0.717, 1.165) is 45.0 Å². The fourth-order valence-corrected chi connectivity index (χ4v) is 6.42. The first-order valence-electron chi connectivity index (χ1n) is 12.2. The Bertz CT molecular complexity index is 1430. The lowest BCUT2D eigenvalue weighted by atomic mass is 9.60. The third kappa shape index (κ3) is 3.43. The van der Waals surface area contributed by atoms with Gasteiger partial charge in [0.2, 0.25) is 0 Å². The van der Waals surface area contributed by atoms with Crippen molar-refractivity contribution >= 4 is 12.4 Å². The summed E-state index contributed by atoms with van der Waals surface area (Å²) in [4.78, 5) is 41.8. The second-order valence-corrected chi connectivity index (χ2v) is 9.55. The third-order valence-electron chi connectivity index (χ3n) is 7.83. The molecule has 4 aromatic rings. The van der Waals surface area contributed by atoms with Crippen LogP contribution in [-0.2, 0) is 25.2 Å². The molecule has 4 heterocycles. The standard InChI is InChI=1S/C29H24N4O4/c34-18-37-16-11-29(21-7-3-14-32-26(21)27-22(29)8-4-15-33-27)17-28(10-9-23(35)36)19-5-1-12-30-24(19)25-20(28)6-2-13-31-25/h1-8,12-15,18H,9-11,16-17H2,(H,35,36). The summed E-state index contributed by atoms with van der Waals surface area (Å²) in [5, 5.41) is 9.79. The van der Waals surface area contributed by atoms with Gasteiger partial charge in [-0.05, 0) is 65.8 Å². The lowest BCUT2D eigenvalue weighted by Crippen LogP contribution is -2.39. The van der Waals surface area contributed by atoms with Crippen LogP contribution in [0.4, 0.5) is 0 Å². The topological polar surface area (TPSA) is 115 Å². The Morgan fingerprint density at radius 3 is 1.51 bits per heavy atom. The smallest absolute Gasteiger partial charge is 0.303 e. The van der Waals surface area contributed by atoms with Crippen LogP contribution >= 0.6 is 0 Å². The quantitative estimate of drug-likeness (QED) is 0.271. The Kier molecular flexibility index (Phi) is 5.52. The number of fused-ring (bicyclic) bond motifs is 6. The van der Waals surface area contributed by atoms with E-state index in [4.69, 9.17) is 14.7 Å². The molecule has 0 radical (unpaired) electrons. The van der Waals surface area contributed by atoms with Crippen molar-refractivity contribution in [2.24, 2.45) is 0 Å². The summed E-state index contributed by atoms with van der Waals surface area (Å²) in [7, 11) is 0. The van der Waals surface area contributed by atoms with E-state index in [1.54, 1.807) is 24.8 Å². The maximum atomic E-state index is 11.9. The number of hydrogen-bond acceptors (Lipinski definition) is 7. The van der Waals surface area contributed by atoms with Crippen molar-refractivity contribution in [3.8, 4) is 22.8 Å². The van der Waals surface area contributed by atoms with Gasteiger partial charge in [0.15, 0.2) is 0 Å². The molecule has 0 atom stereocenters. The molecule has 0 bridgehead atoms. The van der Waals surface area contributed by atoms with Gasteiger partial charge >= 0.3 is 5.97 Å². The van der Waals surface area contributed by atoms with Crippen LogP contribution in [0.15, 0.2) is 73.3 Å². The average molecular weight is 493 g/mol. The maximum absolute atomic E-state index is 11.9. The van der Waals surface area contributed by atoms with Gasteiger partial charge in [-0.2, -0.15) is 0 Å². The summed E-state index contributed by atoms with van der Waals surface area (Å²) in [6.45, 7) is 0.659. The number of ether oxygens (including phenoxy) is 1. The van der Waals surface area contributed by atoms with Crippen LogP contribution in [0.3, 0.4) is 0 Å². The molecule has 0 fully saturated rings. The molecule has 2 aliphatic rings. The van der Waals surface area contributed by atoms with Crippen LogP contribution in [0.2, 0.25) is 0 Å². The highest BCUT2D eigenvalue weighted by Crippen LogP contribution is 2.60. The Labute approximate surface area is 213 Å². The molecular weight excluding hydrogens is 468 g/mol. The first-order chi connectivity index (χ1) is 18.1. The molecule has 8 heteroatoms. The maximum Gasteiger partial charge on any atom is 0.303 e. The van der Waals surface area contributed by atoms with Gasteiger partial charge in [0.25, 0.3) is 6.47 Å². The summed E-state index contributed by atoms with van der Waals surface area (Å²) in [5.41, 5.74) is 5.73. The first-order valence-corrected chi connectivity index (χ1v) is 12.2. The van der Waals surface area contributed by atoms with Gasteiger partial charge < -0.3 is 9.84 Å². The molecule has 0 saturated heterocycles. The van der Waals surface area contributed by atoms with Gasteiger partial charge in [-0.15, -0.1) is 0 Å². The number of carboxylic acid groups (broad SMARTS) is 1. The van der Waals surface area contributed by atoms with Crippen LogP contribution in [0.1, 0.15) is 47.9 Å². The lowest BCUT2D eigenvalue weighted by Gasteiger charge is -2.42. The van der Waals surface area contributed by atoms with Gasteiger partial charge in [-0.1, -0.05) is 24.3 Å². The number of carbonyl (C=O) groups is 2. The van der Waals surface area contributed by atoms with Gasteiger partial charge in [0.1, 0.15) is 0 Å². The van der Waals surface area contributed by atoms with Gasteiger partial charge in [-0.3, -0.25) is 29.5 Å². The van der Waals surface area contributed by atoms with Crippen molar-refractivity contribution in [2.45, 2.75) is 36.5 Å². The lowest BCUT2D eigenvalue weighted by molar-refractivity contribution is -0.137. The zero-order chi connectivity index (χ0) is 25.5. The van der Waals surface area contributed by atoms with E-state index in [0.29, 0.717) is 25.7 Å². The highest BCUT2D eigenvalue weighted by Gasteiger charge is 2.54. The number of carbonyl (C=O) groups excluding carboxylic acids is 1. The van der Waals surface area contributed by atoms with E-state index in [-0.39, 0.29) is 13.0 Å². The summed E-state index contributed by atoms with van der Waals surface area (Å²) >= 11 is 0. The Morgan fingerprint density at radius 2 is 1.14 bits per heavy atom. The zero-order valence-electron chi connectivity index (χ0n) is 20.0. The summed E-state index contributed by atoms with van der Waals surface area (Å²) in [6, 6.07) is 15.8. The minimum absolute atomic E-state index is 0.0244. The molecule has 2 aliphatic carbocycles. The van der Waals surface area contributed by atoms with Crippen LogP contribution in [-0.4, -0.2) is 44.1 Å². The molecule has 0 unspecified atom stereocenters. The molecule has 8 nitrogen and oxygen atoms in total. The largest absolute Gasteiger partial charge is 0.481 e. The fraction of sp³-hybridized carbons (Fsp3) is 0.241. The number of pyridine rings is 4. The van der Waals surface area contributed by atoms with E-state index < -0.39 is 16.8 Å². The van der Waals surface area contributed by atoms with E-state index in [1.807, 2.05) is 36.4 Å². The second kappa shape index (κ2) is 8.89. The highest BCUT2D eigenvalue weighted by atomic mass is 16.5. The first kappa shape index (κ1) is 23.0. The van der Waals surface area contributed by atoms with Crippen LogP contribution in [0, 0.1) is 0 Å². The SMILES string of the molecule is O=COCCC1(CC2(CCC(=O)O)c3cccnc3-c3ncccc32)c2cccnc2-c2ncccc21. The number of carboxylic acids is 1. The molecule has 184 valence electrons. The van der Waals surface area contributed by atoms with Crippen molar-refractivity contribution in [1.82, 2.24) is 19.9 Å². The van der Waals surface area contributed by atoms with Crippen molar-refractivity contribution < 1.29 is 19.4 Å². The van der Waals surface area contributed by atoms with Crippen LogP contribution in [0.5, 0.6) is 0 Å². The molecule has 0 saturated carbocycles. The molecule has 0 aromatic carbocycles. The normalized spacial score (nSPS) is 15.2. The van der Waals surface area contributed by atoms with Crippen LogP contribution < -0.4 is 0 Å². The summed E-state index contributed by atoms with van der Waals surface area (Å²) in [5.74, 6) is -0.865. The molecule has 0 spiro atoms. The minimum Gasteiger partial charge on any atom is -0.481 e. The molecule has 0 aliphatic heterocycles. The van der Waals surface area contributed by atoms with Crippen molar-refractivity contribution in [1.29, 1.82) is 0 Å². The van der Waals surface area contributed by atoms with Gasteiger partial charge in [0, 0.05) is 42.0 Å². The van der Waals surface area contributed by atoms with E-state index >= 15 is 0 Å². The third-order valence-corrected chi connectivity index (χ3v) is 7.83. The summed E-state index contributed by atoms with van der Waals surface area (Å²) < 4.78 is 5.24. The number of aliphatic carboxylic acids is 1. The zero-order valence-corrected chi connectivity index (χ0v) is 20.0. The highest BCUT2D eigenvalue weighted by molar-refractivity contribution is 5.79. The monoisotopic (exact) mass is 492 g/mol. The molecule has 6 rings (SSSR count). The van der Waals surface area contributed by atoms with E-state index in [2.05, 4.69) is 22.1 Å². The van der Waals surface area contributed by atoms with Crippen LogP contribution in [0.25, 0.3) is 22.8 Å². The molecule has 4 aromatic heterocycles. The van der Waals surface area contributed by atoms with Crippen molar-refractivity contribution in [2.75, 3.05) is 6.61 Å². The molecular formula is C29H24N4O4. The number of nitrogens with zero attached hydrogens (tertiary/aromatic N) is 4. The molecule has 37 heavy (non-hydrogen) atoms. The van der Waals surface area contributed by atoms with Crippen molar-refractivity contribution in [3.05, 3.63) is 95.6 Å². The Hall–Kier alpha value is -4.46. The predicted molar refractivity (Wildman–Crippen MR) is 135 cm³/mol. The number of aromatic nitrogens is 4. The summed E-state index contributed by atoms with van der Waals surface area (Å²) in [6.07, 6.45) is 8.34. The van der Waals surface area contributed by atoms with E-state index in [1.165, 1.54) is 0 Å². The van der Waals surface area contributed by atoms with E-state index in [9.17, 15) is 14.7 Å². The van der Waals surface area contributed by atoms with Crippen molar-refractivity contribution in [3.63, 3.8) is 0 Å². The van der Waals surface area contributed by atoms with Gasteiger partial charge in [-0.25, -0.2) is 0 Å². The van der Waals surface area contributed by atoms with Gasteiger partial charge in [0.05, 0.1) is 29.4 Å². The average Bonchev–Trinajstić information content (AvgIpc) is 3.37. The Morgan fingerprint density at radius 1 is 0.730 bits per heavy atom. The fourth-order valence-electron chi connectivity index (χ4n) is 6.42. The number of rotatable bonds is 9. The Balaban J connectivity index is 1.63. The second-order valence-electron chi connectivity index (χ2n) is 9.55. The number of hydrogen-bond donors (Lipinski definition) is 1. The predicted octanol–water partition coefficient (Wildman–Crippen LogP) is 4.32. The molecule has 1 N–H and O–H groups in total.